The molecule has 0 spiro atoms. The number of nitrogens with one attached hydrogen (secondary N) is 1. The number of hydrogen-bond donors (Lipinski definition) is 2. The van der Waals surface area contributed by atoms with Crippen LogP contribution in [0.5, 0.6) is 0 Å². The monoisotopic (exact) mass is 264 g/mol. The number of amides is 2. The molecule has 102 valence electrons. The lowest BCUT2D eigenvalue weighted by Gasteiger charge is -2.16. The number of hydrogen-bond acceptors (Lipinski definition) is 3. The highest BCUT2D eigenvalue weighted by molar-refractivity contribution is 5.92. The molecule has 0 aliphatic carbocycles. The van der Waals surface area contributed by atoms with Crippen molar-refractivity contribution >= 4 is 17.8 Å². The van der Waals surface area contributed by atoms with Crippen LogP contribution in [0.15, 0.2) is 24.3 Å². The topological polar surface area (TPSA) is 86.7 Å². The van der Waals surface area contributed by atoms with E-state index in [2.05, 4.69) is 5.32 Å². The van der Waals surface area contributed by atoms with Gasteiger partial charge in [0.05, 0.1) is 18.5 Å². The van der Waals surface area contributed by atoms with Crippen LogP contribution >= 0.6 is 0 Å². The molecule has 0 fully saturated rings. The number of carbonyl (C=O) groups is 3. The highest BCUT2D eigenvalue weighted by Gasteiger charge is 2.16. The van der Waals surface area contributed by atoms with Crippen molar-refractivity contribution in [3.63, 3.8) is 0 Å². The van der Waals surface area contributed by atoms with Crippen molar-refractivity contribution in [3.8, 4) is 0 Å². The lowest BCUT2D eigenvalue weighted by molar-refractivity contribution is -0.134. The predicted molar refractivity (Wildman–Crippen MR) is 68.8 cm³/mol. The number of likely N-dealkylation sites (N-methyl/N-ethyl adjacent to an activating group) is 2. The molecular formula is C13H16N2O4. The number of carboxylic acids is 1. The van der Waals surface area contributed by atoms with Gasteiger partial charge in [0.25, 0.3) is 0 Å². The highest BCUT2D eigenvalue weighted by atomic mass is 16.4. The Kier molecular flexibility index (Phi) is 5.05. The quantitative estimate of drug-likeness (QED) is 0.791. The minimum atomic E-state index is -1.07. The summed E-state index contributed by atoms with van der Waals surface area (Å²) in [7, 11) is 2.99. The van der Waals surface area contributed by atoms with E-state index in [0.717, 1.165) is 0 Å². The first-order valence-electron chi connectivity index (χ1n) is 5.71. The average molecular weight is 264 g/mol. The molecule has 0 saturated carbocycles. The Morgan fingerprint density at radius 2 is 1.89 bits per heavy atom. The predicted octanol–water partition coefficient (Wildman–Crippen LogP) is 0.132. The third-order valence-electron chi connectivity index (χ3n) is 2.67. The molecule has 0 atom stereocenters. The Bertz CT molecular complexity index is 499. The SMILES string of the molecule is CNC(=O)CN(C)C(=O)Cc1ccccc1C(=O)O. The molecule has 2 amide bonds. The minimum Gasteiger partial charge on any atom is -0.478 e. The van der Waals surface area contributed by atoms with Gasteiger partial charge in [-0.1, -0.05) is 18.2 Å². The van der Waals surface area contributed by atoms with Crippen molar-refractivity contribution in [2.75, 3.05) is 20.6 Å². The summed E-state index contributed by atoms with van der Waals surface area (Å²) < 4.78 is 0. The minimum absolute atomic E-state index is 0.0457. The number of carbonyl (C=O) groups excluding carboxylic acids is 2. The average Bonchev–Trinajstić information content (AvgIpc) is 2.38. The van der Waals surface area contributed by atoms with Crippen LogP contribution in [-0.2, 0) is 16.0 Å². The standard InChI is InChI=1S/C13H16N2O4/c1-14-11(16)8-15(2)12(17)7-9-5-3-4-6-10(9)13(18)19/h3-6H,7-8H2,1-2H3,(H,14,16)(H,18,19). The van der Waals surface area contributed by atoms with Crippen molar-refractivity contribution in [2.24, 2.45) is 0 Å². The van der Waals surface area contributed by atoms with E-state index >= 15 is 0 Å². The normalized spacial score (nSPS) is 9.79. The smallest absolute Gasteiger partial charge is 0.335 e. The van der Waals surface area contributed by atoms with E-state index in [1.165, 1.54) is 25.1 Å². The van der Waals surface area contributed by atoms with E-state index in [1.54, 1.807) is 18.2 Å². The van der Waals surface area contributed by atoms with E-state index in [1.807, 2.05) is 0 Å². The molecule has 0 saturated heterocycles. The fourth-order valence-corrected chi connectivity index (χ4v) is 1.56. The largest absolute Gasteiger partial charge is 0.478 e. The Hall–Kier alpha value is -2.37. The Labute approximate surface area is 111 Å². The zero-order valence-corrected chi connectivity index (χ0v) is 10.8. The fraction of sp³-hybridized carbons (Fsp3) is 0.308. The second-order valence-electron chi connectivity index (χ2n) is 4.06. The molecule has 19 heavy (non-hydrogen) atoms. The van der Waals surface area contributed by atoms with Crippen molar-refractivity contribution in [3.05, 3.63) is 35.4 Å². The third-order valence-corrected chi connectivity index (χ3v) is 2.67. The summed E-state index contributed by atoms with van der Waals surface area (Å²) in [5.41, 5.74) is 0.535. The van der Waals surface area contributed by atoms with Crippen LogP contribution in [0.25, 0.3) is 0 Å². The first-order chi connectivity index (χ1) is 8.95. The first-order valence-corrected chi connectivity index (χ1v) is 5.71. The molecule has 0 aromatic heterocycles. The van der Waals surface area contributed by atoms with Gasteiger partial charge in [-0.25, -0.2) is 4.79 Å². The van der Waals surface area contributed by atoms with E-state index in [-0.39, 0.29) is 30.3 Å². The van der Waals surface area contributed by atoms with Crippen LogP contribution in [0.4, 0.5) is 0 Å². The number of rotatable bonds is 5. The van der Waals surface area contributed by atoms with Gasteiger partial charge in [0.15, 0.2) is 0 Å². The molecule has 0 unspecified atom stereocenters. The van der Waals surface area contributed by atoms with Crippen molar-refractivity contribution in [2.45, 2.75) is 6.42 Å². The maximum atomic E-state index is 11.9. The van der Waals surface area contributed by atoms with Crippen LogP contribution in [-0.4, -0.2) is 48.4 Å². The van der Waals surface area contributed by atoms with E-state index in [9.17, 15) is 14.4 Å². The molecule has 6 nitrogen and oxygen atoms in total. The van der Waals surface area contributed by atoms with Gasteiger partial charge in [0, 0.05) is 14.1 Å². The summed E-state index contributed by atoms with van der Waals surface area (Å²) in [5.74, 6) is -1.66. The molecular weight excluding hydrogens is 248 g/mol. The van der Waals surface area contributed by atoms with Crippen LogP contribution < -0.4 is 5.32 Å². The third kappa shape index (κ3) is 4.09. The van der Waals surface area contributed by atoms with Gasteiger partial charge in [-0.15, -0.1) is 0 Å². The van der Waals surface area contributed by atoms with Gasteiger partial charge >= 0.3 is 5.97 Å². The molecule has 1 aromatic carbocycles. The van der Waals surface area contributed by atoms with E-state index in [4.69, 9.17) is 5.11 Å². The van der Waals surface area contributed by atoms with E-state index < -0.39 is 5.97 Å². The summed E-state index contributed by atoms with van der Waals surface area (Å²) in [6.45, 7) is -0.0510. The molecule has 0 heterocycles. The maximum Gasteiger partial charge on any atom is 0.335 e. The van der Waals surface area contributed by atoms with Gasteiger partial charge in [-0.2, -0.15) is 0 Å². The van der Waals surface area contributed by atoms with E-state index in [0.29, 0.717) is 5.56 Å². The summed E-state index contributed by atoms with van der Waals surface area (Å²) in [6, 6.07) is 6.32. The number of carboxylic acid groups (broad SMARTS) is 1. The Morgan fingerprint density at radius 3 is 2.47 bits per heavy atom. The van der Waals surface area contributed by atoms with Gasteiger partial charge in [-0.05, 0) is 11.6 Å². The molecule has 0 radical (unpaired) electrons. The van der Waals surface area contributed by atoms with Crippen LogP contribution in [0.3, 0.4) is 0 Å². The number of aromatic carboxylic acids is 1. The molecule has 0 aliphatic rings. The van der Waals surface area contributed by atoms with Crippen LogP contribution in [0, 0.1) is 0 Å². The van der Waals surface area contributed by atoms with Crippen molar-refractivity contribution < 1.29 is 19.5 Å². The fourth-order valence-electron chi connectivity index (χ4n) is 1.56. The van der Waals surface area contributed by atoms with Crippen LogP contribution in [0.1, 0.15) is 15.9 Å². The van der Waals surface area contributed by atoms with Gasteiger partial charge < -0.3 is 15.3 Å². The first kappa shape index (κ1) is 14.7. The van der Waals surface area contributed by atoms with Gasteiger partial charge in [0.2, 0.25) is 11.8 Å². The molecule has 1 aromatic rings. The summed E-state index contributed by atoms with van der Waals surface area (Å²) in [6.07, 6.45) is -0.0457. The molecule has 6 heteroatoms. The summed E-state index contributed by atoms with van der Waals surface area (Å²) in [4.78, 5) is 35.3. The zero-order valence-electron chi connectivity index (χ0n) is 10.8. The Balaban J connectivity index is 2.77. The number of nitrogens with zero attached hydrogens (tertiary/aromatic N) is 1. The van der Waals surface area contributed by atoms with Gasteiger partial charge in [0.1, 0.15) is 0 Å². The maximum absolute atomic E-state index is 11.9. The highest BCUT2D eigenvalue weighted by Crippen LogP contribution is 2.10. The lowest BCUT2D eigenvalue weighted by Crippen LogP contribution is -2.37. The zero-order chi connectivity index (χ0) is 14.4. The summed E-state index contributed by atoms with van der Waals surface area (Å²) in [5, 5.41) is 11.4. The molecule has 0 aliphatic heterocycles. The molecule has 0 bridgehead atoms. The second kappa shape index (κ2) is 6.53. The van der Waals surface area contributed by atoms with Gasteiger partial charge in [-0.3, -0.25) is 9.59 Å². The van der Waals surface area contributed by atoms with Crippen molar-refractivity contribution in [1.29, 1.82) is 0 Å². The molecule has 2 N–H and O–H groups in total. The second-order valence-corrected chi connectivity index (χ2v) is 4.06. The van der Waals surface area contributed by atoms with Crippen LogP contribution in [0.2, 0.25) is 0 Å². The summed E-state index contributed by atoms with van der Waals surface area (Å²) >= 11 is 0. The number of benzene rings is 1. The molecule has 1 rings (SSSR count). The lowest BCUT2D eigenvalue weighted by atomic mass is 10.0. The van der Waals surface area contributed by atoms with Crippen molar-refractivity contribution in [1.82, 2.24) is 10.2 Å². The Morgan fingerprint density at radius 1 is 1.26 bits per heavy atom.